The molecule has 0 saturated carbocycles. The first-order valence-corrected chi connectivity index (χ1v) is 9.27. The number of carbonyl (C=O) groups is 1. The fourth-order valence-corrected chi connectivity index (χ4v) is 3.96. The van der Waals surface area contributed by atoms with Gasteiger partial charge < -0.3 is 14.9 Å². The van der Waals surface area contributed by atoms with Gasteiger partial charge in [-0.05, 0) is 66.0 Å². The van der Waals surface area contributed by atoms with Crippen LogP contribution in [-0.4, -0.2) is 23.2 Å². The smallest absolute Gasteiger partial charge is 0.336 e. The molecular weight excluding hydrogens is 378 g/mol. The molecule has 2 aromatic carbocycles. The van der Waals surface area contributed by atoms with Crippen molar-refractivity contribution >= 4 is 40.1 Å². The van der Waals surface area contributed by atoms with Crippen LogP contribution in [0.5, 0.6) is 11.5 Å². The normalized spacial score (nSPS) is 14.9. The Hall–Kier alpha value is -3.05. The number of hydrogen-bond acceptors (Lipinski definition) is 4. The second kappa shape index (κ2) is 7.17. The van der Waals surface area contributed by atoms with Crippen molar-refractivity contribution in [2.45, 2.75) is 19.3 Å². The molecule has 0 fully saturated rings. The number of allylic oxidation sites excluding steroid dienone is 1. The fraction of sp³-hybridized carbons (Fsp3) is 0.182. The summed E-state index contributed by atoms with van der Waals surface area (Å²) >= 11 is 6.05. The van der Waals surface area contributed by atoms with Crippen LogP contribution in [0.2, 0.25) is 5.02 Å². The number of hydrogen-bond donors (Lipinski definition) is 1. The number of benzene rings is 2. The minimum atomic E-state index is -0.948. The summed E-state index contributed by atoms with van der Waals surface area (Å²) in [5, 5.41) is 22.5. The van der Waals surface area contributed by atoms with E-state index in [1.807, 2.05) is 24.3 Å². The maximum absolute atomic E-state index is 12.0. The van der Waals surface area contributed by atoms with E-state index < -0.39 is 5.97 Å². The molecule has 142 valence electrons. The predicted octanol–water partition coefficient (Wildman–Crippen LogP) is 4.55. The number of fused-ring (bicyclic) bond motifs is 2. The maximum Gasteiger partial charge on any atom is 0.336 e. The SMILES string of the molecule is COc1cc(/C=C2\CCCc3c2nc2ccccc2c3C(=O)O)cc(Cl)c1[O-]. The molecule has 28 heavy (non-hydrogen) atoms. The predicted molar refractivity (Wildman–Crippen MR) is 107 cm³/mol. The number of rotatable bonds is 3. The lowest BCUT2D eigenvalue weighted by molar-refractivity contribution is -0.269. The molecule has 0 unspecified atom stereocenters. The second-order valence-electron chi connectivity index (χ2n) is 6.69. The van der Waals surface area contributed by atoms with Crippen LogP contribution in [0, 0.1) is 0 Å². The summed E-state index contributed by atoms with van der Waals surface area (Å²) in [6, 6.07) is 10.5. The third-order valence-electron chi connectivity index (χ3n) is 4.98. The van der Waals surface area contributed by atoms with Gasteiger partial charge in [0, 0.05) is 10.4 Å². The van der Waals surface area contributed by atoms with Crippen molar-refractivity contribution in [3.05, 3.63) is 63.8 Å². The fourth-order valence-electron chi connectivity index (χ4n) is 3.74. The van der Waals surface area contributed by atoms with Gasteiger partial charge in [0.2, 0.25) is 0 Å². The van der Waals surface area contributed by atoms with E-state index in [0.717, 1.165) is 29.5 Å². The molecule has 3 aromatic rings. The standard InChI is InChI=1S/C22H18ClNO4/c1-28-18-11-12(10-16(23)21(18)25)9-13-5-4-7-15-19(22(26)27)14-6-2-3-8-17(14)24-20(13)15/h2-3,6,8-11,25H,4-5,7H2,1H3,(H,26,27)/p-1/b13-9+. The number of nitrogens with zero attached hydrogens (tertiary/aromatic N) is 1. The highest BCUT2D eigenvalue weighted by Gasteiger charge is 2.24. The number of aromatic nitrogens is 1. The van der Waals surface area contributed by atoms with Crippen molar-refractivity contribution in [3.63, 3.8) is 0 Å². The zero-order valence-electron chi connectivity index (χ0n) is 15.2. The summed E-state index contributed by atoms with van der Waals surface area (Å²) < 4.78 is 5.11. The number of ether oxygens (including phenoxy) is 1. The Morgan fingerprint density at radius 2 is 2.07 bits per heavy atom. The number of methoxy groups -OCH3 is 1. The highest BCUT2D eigenvalue weighted by molar-refractivity contribution is 6.32. The molecule has 0 aliphatic heterocycles. The van der Waals surface area contributed by atoms with E-state index in [9.17, 15) is 15.0 Å². The van der Waals surface area contributed by atoms with Gasteiger partial charge >= 0.3 is 5.97 Å². The van der Waals surface area contributed by atoms with E-state index in [1.54, 1.807) is 18.2 Å². The van der Waals surface area contributed by atoms with E-state index >= 15 is 0 Å². The molecule has 0 atom stereocenters. The molecule has 1 aliphatic carbocycles. The number of carboxylic acids is 1. The van der Waals surface area contributed by atoms with Crippen molar-refractivity contribution in [3.8, 4) is 11.5 Å². The van der Waals surface area contributed by atoms with Gasteiger partial charge in [-0.25, -0.2) is 9.78 Å². The Balaban J connectivity index is 1.94. The average Bonchev–Trinajstić information content (AvgIpc) is 2.68. The van der Waals surface area contributed by atoms with E-state index in [4.69, 9.17) is 21.3 Å². The van der Waals surface area contributed by atoms with Crippen LogP contribution in [-0.2, 0) is 6.42 Å². The maximum atomic E-state index is 12.0. The van der Waals surface area contributed by atoms with Crippen LogP contribution >= 0.6 is 11.6 Å². The van der Waals surface area contributed by atoms with Crippen LogP contribution in [0.3, 0.4) is 0 Å². The van der Waals surface area contributed by atoms with Crippen molar-refractivity contribution in [1.82, 2.24) is 4.98 Å². The highest BCUT2D eigenvalue weighted by Crippen LogP contribution is 2.38. The van der Waals surface area contributed by atoms with E-state index in [1.165, 1.54) is 7.11 Å². The van der Waals surface area contributed by atoms with E-state index in [0.29, 0.717) is 28.6 Å². The molecule has 1 N–H and O–H groups in total. The van der Waals surface area contributed by atoms with Crippen LogP contribution in [0.4, 0.5) is 0 Å². The molecule has 0 radical (unpaired) electrons. The second-order valence-corrected chi connectivity index (χ2v) is 7.10. The van der Waals surface area contributed by atoms with Crippen LogP contribution in [0.15, 0.2) is 36.4 Å². The van der Waals surface area contributed by atoms with Gasteiger partial charge in [0.05, 0.1) is 23.9 Å². The molecule has 0 amide bonds. The van der Waals surface area contributed by atoms with Crippen molar-refractivity contribution in [2.75, 3.05) is 7.11 Å². The van der Waals surface area contributed by atoms with Gasteiger partial charge in [-0.3, -0.25) is 0 Å². The molecule has 5 nitrogen and oxygen atoms in total. The van der Waals surface area contributed by atoms with Crippen molar-refractivity contribution in [2.24, 2.45) is 0 Å². The van der Waals surface area contributed by atoms with Crippen LogP contribution in [0.25, 0.3) is 22.6 Å². The van der Waals surface area contributed by atoms with Gasteiger partial charge in [0.1, 0.15) is 5.75 Å². The largest absolute Gasteiger partial charge is 0.869 e. The van der Waals surface area contributed by atoms with Gasteiger partial charge in [0.15, 0.2) is 0 Å². The third kappa shape index (κ3) is 3.08. The first-order valence-electron chi connectivity index (χ1n) is 8.90. The van der Waals surface area contributed by atoms with E-state index in [2.05, 4.69) is 0 Å². The summed E-state index contributed by atoms with van der Waals surface area (Å²) in [6.45, 7) is 0. The monoisotopic (exact) mass is 394 g/mol. The van der Waals surface area contributed by atoms with Crippen molar-refractivity contribution in [1.29, 1.82) is 0 Å². The minimum absolute atomic E-state index is 0.0833. The number of aromatic carboxylic acids is 1. The van der Waals surface area contributed by atoms with Crippen LogP contribution in [0.1, 0.15) is 40.0 Å². The lowest BCUT2D eigenvalue weighted by Crippen LogP contribution is -2.13. The summed E-state index contributed by atoms with van der Waals surface area (Å²) in [5.41, 5.74) is 4.06. The first-order chi connectivity index (χ1) is 13.5. The third-order valence-corrected chi connectivity index (χ3v) is 5.26. The zero-order chi connectivity index (χ0) is 19.8. The molecule has 1 aliphatic rings. The Kier molecular flexibility index (Phi) is 4.69. The zero-order valence-corrected chi connectivity index (χ0v) is 15.9. The molecule has 0 bridgehead atoms. The number of carboxylic acid groups (broad SMARTS) is 1. The van der Waals surface area contributed by atoms with Gasteiger partial charge in [-0.2, -0.15) is 0 Å². The van der Waals surface area contributed by atoms with E-state index in [-0.39, 0.29) is 16.5 Å². The lowest BCUT2D eigenvalue weighted by atomic mass is 9.86. The van der Waals surface area contributed by atoms with Gasteiger partial charge in [0.25, 0.3) is 0 Å². The summed E-state index contributed by atoms with van der Waals surface area (Å²) in [4.78, 5) is 16.8. The molecule has 6 heteroatoms. The molecule has 4 rings (SSSR count). The molecular formula is C22H17ClNO4-. The van der Waals surface area contributed by atoms with Gasteiger partial charge in [-0.1, -0.05) is 29.8 Å². The Labute approximate surface area is 166 Å². The summed E-state index contributed by atoms with van der Waals surface area (Å²) in [6.07, 6.45) is 4.15. The average molecular weight is 395 g/mol. The first kappa shape index (κ1) is 18.3. The quantitative estimate of drug-likeness (QED) is 0.704. The van der Waals surface area contributed by atoms with Gasteiger partial charge in [-0.15, -0.1) is 0 Å². The molecule has 1 aromatic heterocycles. The molecule has 0 spiro atoms. The summed E-state index contributed by atoms with van der Waals surface area (Å²) in [5.74, 6) is -1.13. The highest BCUT2D eigenvalue weighted by atomic mass is 35.5. The topological polar surface area (TPSA) is 82.5 Å². The number of para-hydroxylation sites is 1. The lowest BCUT2D eigenvalue weighted by Gasteiger charge is -2.22. The Morgan fingerprint density at radius 1 is 1.29 bits per heavy atom. The van der Waals surface area contributed by atoms with Crippen molar-refractivity contribution < 1.29 is 19.7 Å². The molecule has 1 heterocycles. The number of halogens is 1. The van der Waals surface area contributed by atoms with Crippen LogP contribution < -0.4 is 9.84 Å². The summed E-state index contributed by atoms with van der Waals surface area (Å²) in [7, 11) is 1.42. The Bertz CT molecular complexity index is 1140. The number of pyridine rings is 1. The minimum Gasteiger partial charge on any atom is -0.869 e. The molecule has 0 saturated heterocycles. The Morgan fingerprint density at radius 3 is 2.82 bits per heavy atom.